The molecule has 1 fully saturated rings. The van der Waals surface area contributed by atoms with Crippen LogP contribution in [0.1, 0.15) is 41.4 Å². The molecular formula is C26H30N6. The number of H-pyrrole nitrogens is 1. The predicted octanol–water partition coefficient (Wildman–Crippen LogP) is 4.70. The zero-order valence-electron chi connectivity index (χ0n) is 18.6. The van der Waals surface area contributed by atoms with Gasteiger partial charge in [0.25, 0.3) is 0 Å². The van der Waals surface area contributed by atoms with Crippen molar-refractivity contribution >= 4 is 16.9 Å². The highest BCUT2D eigenvalue weighted by Crippen LogP contribution is 2.28. The van der Waals surface area contributed by atoms with Crippen molar-refractivity contribution in [3.05, 3.63) is 83.3 Å². The first-order chi connectivity index (χ1) is 15.7. The maximum atomic E-state index is 4.94. The highest BCUT2D eigenvalue weighted by atomic mass is 15.2. The van der Waals surface area contributed by atoms with E-state index in [4.69, 9.17) is 4.98 Å². The van der Waals surface area contributed by atoms with Crippen LogP contribution in [0.5, 0.6) is 0 Å². The number of hydrogen-bond donors (Lipinski definition) is 2. The normalized spacial score (nSPS) is 17.0. The Kier molecular flexibility index (Phi) is 6.12. The fourth-order valence-electron chi connectivity index (χ4n) is 4.59. The molecular weight excluding hydrogens is 396 g/mol. The lowest BCUT2D eigenvalue weighted by atomic mass is 9.94. The Morgan fingerprint density at radius 2 is 1.94 bits per heavy atom. The van der Waals surface area contributed by atoms with Gasteiger partial charge in [0.05, 0.1) is 17.6 Å². The zero-order chi connectivity index (χ0) is 21.8. The fraction of sp³-hybridized carbons (Fsp3) is 0.346. The molecule has 0 aliphatic carbocycles. The molecule has 0 spiro atoms. The molecule has 0 radical (unpaired) electrons. The number of likely N-dealkylation sites (tertiary alicyclic amines) is 1. The van der Waals surface area contributed by atoms with E-state index in [1.165, 1.54) is 24.9 Å². The lowest BCUT2D eigenvalue weighted by Crippen LogP contribution is -2.36. The van der Waals surface area contributed by atoms with E-state index in [0.717, 1.165) is 53.4 Å². The van der Waals surface area contributed by atoms with Crippen LogP contribution < -0.4 is 5.32 Å². The molecule has 4 aromatic rings. The Labute approximate surface area is 189 Å². The van der Waals surface area contributed by atoms with Gasteiger partial charge in [-0.3, -0.25) is 10.1 Å². The Morgan fingerprint density at radius 3 is 2.81 bits per heavy atom. The maximum absolute atomic E-state index is 4.94. The van der Waals surface area contributed by atoms with Crippen molar-refractivity contribution in [3.63, 3.8) is 0 Å². The standard InChI is InChI=1S/C26H30N6/c1-19-7-5-11-22(28-19)17-27-25-23-12-13-24(29-26(23)31-30-25)21-10-6-15-32(18-21)16-14-20-8-3-2-4-9-20/h2-5,7-9,11-13,21H,6,10,14-18H2,1H3,(H2,27,29,30,31)/t21-/m0/s1. The van der Waals surface area contributed by atoms with Gasteiger partial charge in [0.15, 0.2) is 11.5 Å². The zero-order valence-corrected chi connectivity index (χ0v) is 18.6. The second-order valence-electron chi connectivity index (χ2n) is 8.70. The number of piperidine rings is 1. The maximum Gasteiger partial charge on any atom is 0.157 e. The number of nitrogens with one attached hydrogen (secondary N) is 2. The minimum atomic E-state index is 0.472. The van der Waals surface area contributed by atoms with Crippen LogP contribution in [0.4, 0.5) is 5.82 Å². The van der Waals surface area contributed by atoms with Crippen molar-refractivity contribution in [1.82, 2.24) is 25.1 Å². The van der Waals surface area contributed by atoms with Gasteiger partial charge in [-0.1, -0.05) is 36.4 Å². The van der Waals surface area contributed by atoms with Crippen molar-refractivity contribution in [2.45, 2.75) is 38.6 Å². The van der Waals surface area contributed by atoms with E-state index in [1.54, 1.807) is 0 Å². The van der Waals surface area contributed by atoms with E-state index in [-0.39, 0.29) is 0 Å². The second-order valence-corrected chi connectivity index (χ2v) is 8.70. The minimum absolute atomic E-state index is 0.472. The summed E-state index contributed by atoms with van der Waals surface area (Å²) >= 11 is 0. The van der Waals surface area contributed by atoms with Crippen molar-refractivity contribution < 1.29 is 0 Å². The van der Waals surface area contributed by atoms with Crippen LogP contribution in [-0.2, 0) is 13.0 Å². The van der Waals surface area contributed by atoms with Crippen LogP contribution in [0, 0.1) is 6.92 Å². The fourth-order valence-corrected chi connectivity index (χ4v) is 4.59. The third kappa shape index (κ3) is 4.81. The number of hydrogen-bond acceptors (Lipinski definition) is 5. The number of fused-ring (bicyclic) bond motifs is 1. The molecule has 6 nitrogen and oxygen atoms in total. The van der Waals surface area contributed by atoms with Gasteiger partial charge in [-0.2, -0.15) is 5.10 Å². The molecule has 3 aromatic heterocycles. The van der Waals surface area contributed by atoms with Crippen LogP contribution in [0.15, 0.2) is 60.7 Å². The summed E-state index contributed by atoms with van der Waals surface area (Å²) in [6.45, 7) is 6.00. The molecule has 4 heterocycles. The average Bonchev–Trinajstić information content (AvgIpc) is 3.25. The molecule has 1 atom stereocenters. The molecule has 0 unspecified atom stereocenters. The van der Waals surface area contributed by atoms with Crippen LogP contribution in [0.2, 0.25) is 0 Å². The van der Waals surface area contributed by atoms with Gasteiger partial charge >= 0.3 is 0 Å². The summed E-state index contributed by atoms with van der Waals surface area (Å²) in [6, 6.07) is 21.2. The first-order valence-electron chi connectivity index (χ1n) is 11.5. The molecule has 1 saturated heterocycles. The molecule has 2 N–H and O–H groups in total. The summed E-state index contributed by atoms with van der Waals surface area (Å²) in [5.74, 6) is 1.30. The first kappa shape index (κ1) is 20.6. The van der Waals surface area contributed by atoms with E-state index >= 15 is 0 Å². The molecule has 164 valence electrons. The third-order valence-corrected chi connectivity index (χ3v) is 6.31. The molecule has 6 heteroatoms. The van der Waals surface area contributed by atoms with E-state index in [1.807, 2.05) is 25.1 Å². The monoisotopic (exact) mass is 426 g/mol. The van der Waals surface area contributed by atoms with Crippen molar-refractivity contribution in [2.75, 3.05) is 25.0 Å². The Bertz CT molecular complexity index is 1170. The molecule has 0 amide bonds. The van der Waals surface area contributed by atoms with Gasteiger partial charge in [0, 0.05) is 30.4 Å². The van der Waals surface area contributed by atoms with Crippen molar-refractivity contribution in [3.8, 4) is 0 Å². The van der Waals surface area contributed by atoms with Gasteiger partial charge in [0.1, 0.15) is 0 Å². The lowest BCUT2D eigenvalue weighted by Gasteiger charge is -2.32. The largest absolute Gasteiger partial charge is 0.362 e. The second kappa shape index (κ2) is 9.49. The van der Waals surface area contributed by atoms with Gasteiger partial charge in [-0.15, -0.1) is 0 Å². The van der Waals surface area contributed by atoms with Crippen LogP contribution in [-0.4, -0.2) is 44.7 Å². The number of nitrogens with zero attached hydrogens (tertiary/aromatic N) is 4. The summed E-state index contributed by atoms with van der Waals surface area (Å²) in [5.41, 5.74) is 5.45. The van der Waals surface area contributed by atoms with Crippen LogP contribution in [0.3, 0.4) is 0 Å². The summed E-state index contributed by atoms with van der Waals surface area (Å²) in [4.78, 5) is 12.1. The Hall–Kier alpha value is -3.25. The van der Waals surface area contributed by atoms with Crippen molar-refractivity contribution in [2.24, 2.45) is 0 Å². The summed E-state index contributed by atoms with van der Waals surface area (Å²) < 4.78 is 0. The van der Waals surface area contributed by atoms with Gasteiger partial charge < -0.3 is 10.2 Å². The van der Waals surface area contributed by atoms with E-state index in [2.05, 4.69) is 67.9 Å². The van der Waals surface area contributed by atoms with Gasteiger partial charge in [0.2, 0.25) is 0 Å². The minimum Gasteiger partial charge on any atom is -0.362 e. The molecule has 1 aromatic carbocycles. The number of aromatic nitrogens is 4. The molecule has 5 rings (SSSR count). The summed E-state index contributed by atoms with van der Waals surface area (Å²) in [6.07, 6.45) is 3.52. The van der Waals surface area contributed by atoms with Crippen LogP contribution >= 0.6 is 0 Å². The number of benzene rings is 1. The highest BCUT2D eigenvalue weighted by molar-refractivity contribution is 5.87. The molecule has 0 saturated carbocycles. The number of pyridine rings is 2. The SMILES string of the molecule is Cc1cccc(CNc2n[nH]c3nc([C@H]4CCCN(CCc5ccccc5)C4)ccc23)n1. The summed E-state index contributed by atoms with van der Waals surface area (Å²) in [7, 11) is 0. The third-order valence-electron chi connectivity index (χ3n) is 6.31. The number of aromatic amines is 1. The predicted molar refractivity (Wildman–Crippen MR) is 129 cm³/mol. The molecule has 1 aliphatic heterocycles. The molecule has 32 heavy (non-hydrogen) atoms. The molecule has 0 bridgehead atoms. The first-order valence-corrected chi connectivity index (χ1v) is 11.5. The average molecular weight is 427 g/mol. The smallest absolute Gasteiger partial charge is 0.157 e. The highest BCUT2D eigenvalue weighted by Gasteiger charge is 2.23. The van der Waals surface area contributed by atoms with E-state index < -0.39 is 0 Å². The Balaban J connectivity index is 1.23. The van der Waals surface area contributed by atoms with Crippen molar-refractivity contribution in [1.29, 1.82) is 0 Å². The quantitative estimate of drug-likeness (QED) is 0.448. The number of anilines is 1. The Morgan fingerprint density at radius 1 is 1.03 bits per heavy atom. The van der Waals surface area contributed by atoms with Gasteiger partial charge in [-0.25, -0.2) is 4.98 Å². The van der Waals surface area contributed by atoms with Crippen LogP contribution in [0.25, 0.3) is 11.0 Å². The van der Waals surface area contributed by atoms with E-state index in [0.29, 0.717) is 12.5 Å². The number of aryl methyl sites for hydroxylation is 1. The molecule has 1 aliphatic rings. The van der Waals surface area contributed by atoms with Gasteiger partial charge in [-0.05, 0) is 62.6 Å². The number of rotatable bonds is 7. The van der Waals surface area contributed by atoms with E-state index in [9.17, 15) is 0 Å². The lowest BCUT2D eigenvalue weighted by molar-refractivity contribution is 0.208. The topological polar surface area (TPSA) is 69.7 Å². The summed E-state index contributed by atoms with van der Waals surface area (Å²) in [5, 5.41) is 12.0.